The van der Waals surface area contributed by atoms with Gasteiger partial charge in [-0.1, -0.05) is 125 Å². The number of hydrogen-bond acceptors (Lipinski definition) is 23. The van der Waals surface area contributed by atoms with Crippen molar-refractivity contribution in [1.29, 1.82) is 0 Å². The zero-order valence-corrected chi connectivity index (χ0v) is 78.2. The average Bonchev–Trinajstić information content (AvgIpc) is 1.05. The molecule has 0 saturated carbocycles. The Morgan fingerprint density at radius 3 is 1.71 bits per heavy atom. The van der Waals surface area contributed by atoms with E-state index in [-0.39, 0.29) is 68.6 Å². The number of morpholine rings is 1. The SMILES string of the molecule is CCCC[C@H]1C(=O)N2C[C@@H](O)C[C@@H]2C(=O)N[C@@H](CC(=O)O)C(=O)N[C@@H](C(C)C)C(=O)N(C)[C@@H](Cc2ccccc2)C(=O)N[C@@H](CCC(=O)O)C(=O)N2CCOC[C@@H]2C(=O)N[C@@H](Cc2cn(CC(=O)O)c3ccccc23)C(=O)N[C@@H](Cc2ccc(O)cc2)C(=O)N[C@@H](CCCN)C(=O)N[C@H](C(=O)NCC(N)=O)CSCC(=O)N[C@@H](Cc2cc(F)c(F)c(F)c2)C(=O)N(C)[C@@H](Cc2ccccc2)C(=O)N1C. The molecular weight excluding hydrogens is 1840 g/mol. The minimum absolute atomic E-state index is 0.0366. The Morgan fingerprint density at radius 1 is 0.540 bits per heavy atom. The number of unbranched alkanes of at least 4 members (excludes halogenated alkanes) is 1. The number of phenolic OH excluding ortho intramolecular Hbond substituents is 1. The molecular formula is C94H118F3N17O24S. The molecule has 4 heterocycles. The summed E-state index contributed by atoms with van der Waals surface area (Å²) in [7, 11) is 3.52. The van der Waals surface area contributed by atoms with Crippen LogP contribution in [0.25, 0.3) is 10.9 Å². The van der Waals surface area contributed by atoms with Gasteiger partial charge in [-0.25, -0.2) is 13.2 Å². The summed E-state index contributed by atoms with van der Waals surface area (Å²) in [6, 6.07) is 5.55. The molecule has 0 aliphatic carbocycles. The molecule has 3 saturated heterocycles. The number of ether oxygens (including phenoxy) is 1. The number of nitrogens with zero attached hydrogens (tertiary/aromatic N) is 6. The zero-order valence-electron chi connectivity index (χ0n) is 77.4. The summed E-state index contributed by atoms with van der Waals surface area (Å²) in [6.07, 6.45) is -5.78. The van der Waals surface area contributed by atoms with Gasteiger partial charge in [0.2, 0.25) is 88.6 Å². The normalized spacial score (nSPS) is 23.6. The number of hydrogen-bond donors (Lipinski definition) is 16. The molecule has 3 aliphatic rings. The van der Waals surface area contributed by atoms with Crippen molar-refractivity contribution in [2.24, 2.45) is 17.4 Å². The molecule has 15 amide bonds. The maximum Gasteiger partial charge on any atom is 0.323 e. The highest BCUT2D eigenvalue weighted by Crippen LogP contribution is 2.29. The van der Waals surface area contributed by atoms with Gasteiger partial charge in [0.05, 0.1) is 38.0 Å². The van der Waals surface area contributed by atoms with Gasteiger partial charge in [0.15, 0.2) is 17.5 Å². The van der Waals surface area contributed by atoms with E-state index in [2.05, 4.69) is 47.9 Å². The molecule has 750 valence electrons. The monoisotopic (exact) mass is 1960 g/mol. The second-order valence-electron chi connectivity index (χ2n) is 34.7. The highest BCUT2D eigenvalue weighted by Gasteiger charge is 2.48. The molecule has 0 unspecified atom stereocenters. The van der Waals surface area contributed by atoms with Crippen LogP contribution in [0.2, 0.25) is 0 Å². The van der Waals surface area contributed by atoms with E-state index in [0.717, 1.165) is 31.5 Å². The Labute approximate surface area is 801 Å². The summed E-state index contributed by atoms with van der Waals surface area (Å²) in [5.41, 5.74) is 12.6. The van der Waals surface area contributed by atoms with Crippen molar-refractivity contribution in [1.82, 2.24) is 76.9 Å². The third-order valence-corrected chi connectivity index (χ3v) is 25.1. The molecule has 45 heteroatoms. The number of para-hydroxylation sites is 1. The van der Waals surface area contributed by atoms with Gasteiger partial charge in [0.25, 0.3) is 0 Å². The van der Waals surface area contributed by atoms with E-state index in [0.29, 0.717) is 52.3 Å². The topological polar surface area (TPSA) is 599 Å². The van der Waals surface area contributed by atoms with E-state index in [9.17, 15) is 68.3 Å². The molecule has 0 spiro atoms. The molecule has 18 N–H and O–H groups in total. The predicted molar refractivity (Wildman–Crippen MR) is 494 cm³/mol. The van der Waals surface area contributed by atoms with Gasteiger partial charge in [-0.05, 0) is 96.3 Å². The van der Waals surface area contributed by atoms with E-state index in [1.54, 1.807) is 91.9 Å². The zero-order chi connectivity index (χ0) is 102. The van der Waals surface area contributed by atoms with Crippen LogP contribution >= 0.6 is 11.8 Å². The number of phenols is 1. The summed E-state index contributed by atoms with van der Waals surface area (Å²) in [5.74, 6) is -28.9. The third kappa shape index (κ3) is 30.5. The van der Waals surface area contributed by atoms with Gasteiger partial charge in [-0.3, -0.25) is 86.3 Å². The highest BCUT2D eigenvalue weighted by atomic mass is 32.2. The molecule has 3 fully saturated rings. The first-order valence-corrected chi connectivity index (χ1v) is 46.4. The quantitative estimate of drug-likeness (QED) is 0.0280. The summed E-state index contributed by atoms with van der Waals surface area (Å²) >= 11 is 0.608. The number of halogens is 3. The fourth-order valence-electron chi connectivity index (χ4n) is 16.6. The number of carboxylic acids is 3. The van der Waals surface area contributed by atoms with Crippen molar-refractivity contribution >= 4 is 129 Å². The first-order valence-electron chi connectivity index (χ1n) is 45.2. The molecule has 41 nitrogen and oxygen atoms in total. The number of aliphatic hydroxyl groups is 1. The Bertz CT molecular complexity index is 5430. The molecule has 0 radical (unpaired) electrons. The number of rotatable bonds is 27. The van der Waals surface area contributed by atoms with Crippen molar-refractivity contribution < 1.29 is 130 Å². The second kappa shape index (κ2) is 51.4. The smallest absolute Gasteiger partial charge is 0.323 e. The van der Waals surface area contributed by atoms with Crippen LogP contribution in [0.4, 0.5) is 13.2 Å². The first-order chi connectivity index (χ1) is 66.1. The fraction of sp³-hybridized carbons (Fsp3) is 0.468. The number of thioether (sulfide) groups is 1. The predicted octanol–water partition coefficient (Wildman–Crippen LogP) is -0.816. The summed E-state index contributed by atoms with van der Waals surface area (Å²) in [6.45, 7) is 1.17. The number of primary amides is 1. The van der Waals surface area contributed by atoms with Gasteiger partial charge in [-0.15, -0.1) is 11.8 Å². The van der Waals surface area contributed by atoms with Crippen LogP contribution in [-0.4, -0.2) is 318 Å². The molecule has 6 aromatic rings. The Hall–Kier alpha value is -14.1. The van der Waals surface area contributed by atoms with Crippen molar-refractivity contribution in [3.8, 4) is 5.75 Å². The van der Waals surface area contributed by atoms with Crippen LogP contribution in [0.15, 0.2) is 128 Å². The Balaban J connectivity index is 1.16. The number of fused-ring (bicyclic) bond motifs is 3. The first kappa shape index (κ1) is 109. The number of benzene rings is 5. The minimum Gasteiger partial charge on any atom is -0.508 e. The molecule has 14 atom stereocenters. The van der Waals surface area contributed by atoms with Crippen LogP contribution in [-0.2, 0) is 130 Å². The van der Waals surface area contributed by atoms with Gasteiger partial charge in [0, 0.05) is 102 Å². The van der Waals surface area contributed by atoms with Crippen molar-refractivity contribution in [3.63, 3.8) is 0 Å². The number of likely N-dealkylation sites (N-methyl/N-ethyl adjacent to an activating group) is 3. The van der Waals surface area contributed by atoms with E-state index in [1.807, 2.05) is 0 Å². The van der Waals surface area contributed by atoms with Crippen molar-refractivity contribution in [3.05, 3.63) is 173 Å². The van der Waals surface area contributed by atoms with E-state index in [4.69, 9.17) is 16.2 Å². The average molecular weight is 1960 g/mol. The Morgan fingerprint density at radius 2 is 1.09 bits per heavy atom. The van der Waals surface area contributed by atoms with E-state index >= 15 is 56.7 Å². The molecule has 3 aliphatic heterocycles. The maximum atomic E-state index is 15.7. The van der Waals surface area contributed by atoms with Crippen LogP contribution in [0, 0.1) is 23.4 Å². The summed E-state index contributed by atoms with van der Waals surface area (Å²) in [4.78, 5) is 268. The number of nitrogens with one attached hydrogen (secondary N) is 9. The van der Waals surface area contributed by atoms with E-state index in [1.165, 1.54) is 63.0 Å². The largest absolute Gasteiger partial charge is 0.508 e. The number of aliphatic hydroxyl groups excluding tert-OH is 1. The standard InChI is InChI=1S/C94H118F3N17O24S/c1-7-8-24-70-93(136)114-46-58(116)42-72(114)88(131)106-66(43-78(121)122)86(129)108-81(51(2)3)94(137)110(5)71(39-52-18-11-9-12-19-52)87(130)103-63(30-31-77(119)120)91(134)113-33-34-138-48-74(113)89(132)105-65(41-56-45-112(47-79(123)124)69-25-16-15-22-59(56)69)85(128)104-64(37-54-26-28-57(115)29-27-54)84(127)102-62(23-17-32-98)83(126)107-68(82(125)100-44-75(99)117)49-139-50-76(118)101-67(38-55-35-60(95)80(97)61(96)36-55)90(133)111(6)73(92(135)109(70)4)40-53-20-13-10-14-21-53/h9-16,18-22,25-29,35-36,45,51,58,62-68,70-74,81,115-116H,7-8,17,23-24,30-34,37-44,46-50,98H2,1-6H3,(H2,99,117)(H,100,125)(H,101,118)(H,102,127)(H,103,130)(H,104,128)(H,105,132)(H,106,131)(H,107,126)(H,108,129)(H,119,120)(H,121,122)(H,123,124)/t58-,62-,63-,64-,65-,66-,67-,68-,70-,71-,72+,73-,74+,81-/m0/s1. The number of amides is 15. The van der Waals surface area contributed by atoms with Gasteiger partial charge in [0.1, 0.15) is 90.8 Å². The number of carbonyl (C=O) groups is 18. The Kier molecular flexibility index (Phi) is 40.1. The molecule has 0 bridgehead atoms. The minimum atomic E-state index is -2.09. The summed E-state index contributed by atoms with van der Waals surface area (Å²) < 4.78 is 52.3. The lowest BCUT2D eigenvalue weighted by atomic mass is 9.98. The lowest BCUT2D eigenvalue weighted by molar-refractivity contribution is -0.152. The molecule has 9 rings (SSSR count). The van der Waals surface area contributed by atoms with Crippen molar-refractivity contribution in [2.45, 2.75) is 202 Å². The van der Waals surface area contributed by atoms with Crippen LogP contribution in [0.3, 0.4) is 0 Å². The third-order valence-electron chi connectivity index (χ3n) is 24.1. The number of carbonyl (C=O) groups excluding carboxylic acids is 15. The molecule has 1 aromatic heterocycles. The van der Waals surface area contributed by atoms with Gasteiger partial charge in [-0.2, -0.15) is 0 Å². The number of aromatic hydroxyl groups is 1. The number of carboxylic acid groups (broad SMARTS) is 3. The highest BCUT2D eigenvalue weighted by molar-refractivity contribution is 8.00. The summed E-state index contributed by atoms with van der Waals surface area (Å²) in [5, 5.41) is 75.6. The number of nitrogens with two attached hydrogens (primary N) is 2. The number of aliphatic carboxylic acids is 3. The number of aromatic nitrogens is 1. The van der Waals surface area contributed by atoms with Crippen LogP contribution in [0.1, 0.15) is 106 Å². The van der Waals surface area contributed by atoms with Crippen LogP contribution < -0.4 is 59.3 Å². The van der Waals surface area contributed by atoms with E-state index < -0.39 is 309 Å². The van der Waals surface area contributed by atoms with Crippen molar-refractivity contribution in [2.75, 3.05) is 72.0 Å². The van der Waals surface area contributed by atoms with Crippen LogP contribution in [0.5, 0.6) is 5.75 Å². The van der Waals surface area contributed by atoms with Gasteiger partial charge < -0.3 is 119 Å². The fourth-order valence-corrected chi connectivity index (χ4v) is 17.5. The molecule has 5 aromatic carbocycles. The molecule has 139 heavy (non-hydrogen) atoms. The maximum absolute atomic E-state index is 15.7. The lowest BCUT2D eigenvalue weighted by Crippen LogP contribution is -2.64. The lowest BCUT2D eigenvalue weighted by Gasteiger charge is -2.38. The van der Waals surface area contributed by atoms with Gasteiger partial charge >= 0.3 is 17.9 Å². The second-order valence-corrected chi connectivity index (χ2v) is 35.7.